The third-order valence-electron chi connectivity index (χ3n) is 6.63. The van der Waals surface area contributed by atoms with Crippen molar-refractivity contribution >= 4 is 34.3 Å². The van der Waals surface area contributed by atoms with Gasteiger partial charge in [0, 0.05) is 60.2 Å². The van der Waals surface area contributed by atoms with Crippen LogP contribution in [0.1, 0.15) is 23.2 Å². The van der Waals surface area contributed by atoms with Crippen LogP contribution in [-0.4, -0.2) is 56.5 Å². The van der Waals surface area contributed by atoms with Gasteiger partial charge in [-0.25, -0.2) is 0 Å². The van der Waals surface area contributed by atoms with Gasteiger partial charge >= 0.3 is 0 Å². The highest BCUT2D eigenvalue weighted by Crippen LogP contribution is 2.24. The highest BCUT2D eigenvalue weighted by molar-refractivity contribution is 6.04. The van der Waals surface area contributed by atoms with Crippen molar-refractivity contribution in [1.82, 2.24) is 0 Å². The third kappa shape index (κ3) is 5.93. The standard InChI is InChI=1S/C28H32N4O3/c33-27-13-15-31(16-14-27)25-9-1-21(2-10-25)28(34)30-24-5-3-22(4-6-24)29-23-7-11-26(12-8-23)32-17-19-35-20-18-32/h1-12,27,29,33H,13-20H2,(H,30,34). The minimum Gasteiger partial charge on any atom is -0.393 e. The van der Waals surface area contributed by atoms with Gasteiger partial charge in [-0.2, -0.15) is 0 Å². The van der Waals surface area contributed by atoms with Crippen LogP contribution in [-0.2, 0) is 4.74 Å². The van der Waals surface area contributed by atoms with Crippen LogP contribution in [0, 0.1) is 0 Å². The molecule has 2 aliphatic heterocycles. The average Bonchev–Trinajstić information content (AvgIpc) is 2.91. The summed E-state index contributed by atoms with van der Waals surface area (Å²) in [4.78, 5) is 17.3. The summed E-state index contributed by atoms with van der Waals surface area (Å²) in [5.41, 5.74) is 5.63. The van der Waals surface area contributed by atoms with Gasteiger partial charge in [-0.1, -0.05) is 0 Å². The molecule has 5 rings (SSSR count). The molecule has 3 aromatic carbocycles. The molecule has 0 radical (unpaired) electrons. The smallest absolute Gasteiger partial charge is 0.255 e. The Balaban J connectivity index is 1.14. The Morgan fingerprint density at radius 2 is 1.20 bits per heavy atom. The zero-order valence-electron chi connectivity index (χ0n) is 19.8. The number of nitrogens with one attached hydrogen (secondary N) is 2. The summed E-state index contributed by atoms with van der Waals surface area (Å²) < 4.78 is 5.42. The van der Waals surface area contributed by atoms with E-state index < -0.39 is 0 Å². The van der Waals surface area contributed by atoms with E-state index in [0.717, 1.165) is 75.0 Å². The monoisotopic (exact) mass is 472 g/mol. The van der Waals surface area contributed by atoms with Gasteiger partial charge in [0.1, 0.15) is 0 Å². The van der Waals surface area contributed by atoms with E-state index in [9.17, 15) is 9.90 Å². The molecular formula is C28H32N4O3. The largest absolute Gasteiger partial charge is 0.393 e. The molecule has 0 unspecified atom stereocenters. The molecule has 3 aromatic rings. The Hall–Kier alpha value is -3.55. The predicted molar refractivity (Wildman–Crippen MR) is 141 cm³/mol. The van der Waals surface area contributed by atoms with Crippen molar-refractivity contribution in [3.63, 3.8) is 0 Å². The number of anilines is 5. The van der Waals surface area contributed by atoms with Crippen LogP contribution < -0.4 is 20.4 Å². The summed E-state index contributed by atoms with van der Waals surface area (Å²) in [5, 5.41) is 16.1. The topological polar surface area (TPSA) is 77.1 Å². The Kier molecular flexibility index (Phi) is 7.16. The SMILES string of the molecule is O=C(Nc1ccc(Nc2ccc(N3CCOCC3)cc2)cc1)c1ccc(N2CCC(O)CC2)cc1. The van der Waals surface area contributed by atoms with E-state index in [4.69, 9.17) is 4.74 Å². The molecular weight excluding hydrogens is 440 g/mol. The summed E-state index contributed by atoms with van der Waals surface area (Å²) >= 11 is 0. The number of rotatable bonds is 6. The van der Waals surface area contributed by atoms with E-state index in [1.54, 1.807) is 0 Å². The van der Waals surface area contributed by atoms with Gasteiger partial charge in [0.25, 0.3) is 5.91 Å². The van der Waals surface area contributed by atoms with E-state index in [1.807, 2.05) is 48.5 Å². The average molecular weight is 473 g/mol. The fourth-order valence-corrected chi connectivity index (χ4v) is 4.53. The summed E-state index contributed by atoms with van der Waals surface area (Å²) in [6.45, 7) is 5.08. The van der Waals surface area contributed by atoms with Crippen molar-refractivity contribution in [3.8, 4) is 0 Å². The van der Waals surface area contributed by atoms with Crippen LogP contribution in [0.3, 0.4) is 0 Å². The molecule has 2 aliphatic rings. The molecule has 0 atom stereocenters. The summed E-state index contributed by atoms with van der Waals surface area (Å²) in [7, 11) is 0. The van der Waals surface area contributed by atoms with Gasteiger partial charge in [0.2, 0.25) is 0 Å². The second-order valence-electron chi connectivity index (χ2n) is 9.07. The van der Waals surface area contributed by atoms with Crippen LogP contribution in [0.25, 0.3) is 0 Å². The number of carbonyl (C=O) groups excluding carboxylic acids is 1. The van der Waals surface area contributed by atoms with Crippen LogP contribution in [0.2, 0.25) is 0 Å². The van der Waals surface area contributed by atoms with Crippen molar-refractivity contribution in [2.75, 3.05) is 59.8 Å². The maximum Gasteiger partial charge on any atom is 0.255 e. The molecule has 7 heteroatoms. The minimum absolute atomic E-state index is 0.134. The zero-order chi connectivity index (χ0) is 24.0. The highest BCUT2D eigenvalue weighted by Gasteiger charge is 2.17. The first-order valence-corrected chi connectivity index (χ1v) is 12.3. The number of hydrogen-bond acceptors (Lipinski definition) is 6. The fraction of sp³-hybridized carbons (Fsp3) is 0.321. The molecule has 0 aromatic heterocycles. The van der Waals surface area contributed by atoms with Gasteiger partial charge in [0.15, 0.2) is 0 Å². The first-order valence-electron chi connectivity index (χ1n) is 12.3. The molecule has 35 heavy (non-hydrogen) atoms. The molecule has 7 nitrogen and oxygen atoms in total. The lowest BCUT2D eigenvalue weighted by Gasteiger charge is -2.31. The lowest BCUT2D eigenvalue weighted by Crippen LogP contribution is -2.36. The van der Waals surface area contributed by atoms with Crippen LogP contribution >= 0.6 is 0 Å². The third-order valence-corrected chi connectivity index (χ3v) is 6.63. The number of aliphatic hydroxyl groups is 1. The summed E-state index contributed by atoms with van der Waals surface area (Å²) in [5.74, 6) is -0.134. The lowest BCUT2D eigenvalue weighted by molar-refractivity contribution is 0.102. The molecule has 182 valence electrons. The second kappa shape index (κ2) is 10.8. The number of morpholine rings is 1. The van der Waals surface area contributed by atoms with E-state index in [-0.39, 0.29) is 12.0 Å². The van der Waals surface area contributed by atoms with Crippen LogP contribution in [0.5, 0.6) is 0 Å². The molecule has 0 spiro atoms. The van der Waals surface area contributed by atoms with Gasteiger partial charge in [-0.3, -0.25) is 4.79 Å². The molecule has 0 aliphatic carbocycles. The number of carbonyl (C=O) groups is 1. The van der Waals surface area contributed by atoms with Crippen molar-refractivity contribution in [2.45, 2.75) is 18.9 Å². The van der Waals surface area contributed by atoms with Crippen molar-refractivity contribution in [1.29, 1.82) is 0 Å². The quantitative estimate of drug-likeness (QED) is 0.491. The number of hydrogen-bond donors (Lipinski definition) is 3. The zero-order valence-corrected chi connectivity index (χ0v) is 19.8. The molecule has 2 saturated heterocycles. The highest BCUT2D eigenvalue weighted by atomic mass is 16.5. The maximum atomic E-state index is 12.7. The Bertz CT molecular complexity index is 1100. The minimum atomic E-state index is -0.196. The number of benzene rings is 3. The lowest BCUT2D eigenvalue weighted by atomic mass is 10.1. The number of nitrogens with zero attached hydrogens (tertiary/aromatic N) is 2. The van der Waals surface area contributed by atoms with Gasteiger partial charge in [0.05, 0.1) is 19.3 Å². The normalized spacial score (nSPS) is 16.7. The van der Waals surface area contributed by atoms with Gasteiger partial charge in [-0.05, 0) is 85.6 Å². The Morgan fingerprint density at radius 3 is 1.80 bits per heavy atom. The number of amides is 1. The van der Waals surface area contributed by atoms with E-state index in [2.05, 4.69) is 44.7 Å². The molecule has 0 bridgehead atoms. The van der Waals surface area contributed by atoms with Gasteiger partial charge in [-0.15, -0.1) is 0 Å². The van der Waals surface area contributed by atoms with E-state index in [1.165, 1.54) is 5.69 Å². The maximum absolute atomic E-state index is 12.7. The predicted octanol–water partition coefficient (Wildman–Crippen LogP) is 4.48. The van der Waals surface area contributed by atoms with E-state index in [0.29, 0.717) is 5.56 Å². The second-order valence-corrected chi connectivity index (χ2v) is 9.07. The van der Waals surface area contributed by atoms with Crippen LogP contribution in [0.4, 0.5) is 28.4 Å². The fourth-order valence-electron chi connectivity index (χ4n) is 4.53. The molecule has 2 heterocycles. The molecule has 0 saturated carbocycles. The van der Waals surface area contributed by atoms with Crippen molar-refractivity contribution in [2.24, 2.45) is 0 Å². The molecule has 3 N–H and O–H groups in total. The van der Waals surface area contributed by atoms with E-state index >= 15 is 0 Å². The summed E-state index contributed by atoms with van der Waals surface area (Å²) in [6.07, 6.45) is 1.37. The number of aliphatic hydroxyl groups excluding tert-OH is 1. The van der Waals surface area contributed by atoms with Gasteiger partial charge < -0.3 is 30.3 Å². The Labute approximate surface area is 206 Å². The number of piperidine rings is 1. The van der Waals surface area contributed by atoms with Crippen molar-refractivity contribution in [3.05, 3.63) is 78.4 Å². The summed E-state index contributed by atoms with van der Waals surface area (Å²) in [6, 6.07) is 23.8. The molecule has 1 amide bonds. The first-order chi connectivity index (χ1) is 17.1. The Morgan fingerprint density at radius 1 is 0.714 bits per heavy atom. The van der Waals surface area contributed by atoms with Crippen LogP contribution in [0.15, 0.2) is 72.8 Å². The molecule has 2 fully saturated rings. The number of ether oxygens (including phenoxy) is 1. The van der Waals surface area contributed by atoms with Crippen molar-refractivity contribution < 1.29 is 14.6 Å². The first kappa shape index (κ1) is 23.2.